The third-order valence-corrected chi connectivity index (χ3v) is 5.01. The van der Waals surface area contributed by atoms with Crippen molar-refractivity contribution in [3.8, 4) is 0 Å². The summed E-state index contributed by atoms with van der Waals surface area (Å²) in [6.45, 7) is 4.54. The number of nitrogens with zero attached hydrogens (tertiary/aromatic N) is 4. The van der Waals surface area contributed by atoms with E-state index in [1.165, 1.54) is 5.56 Å². The monoisotopic (exact) mass is 330 g/mol. The molecule has 1 aromatic carbocycles. The van der Waals surface area contributed by atoms with Crippen molar-refractivity contribution < 1.29 is 4.79 Å². The Kier molecular flexibility index (Phi) is 4.73. The maximum Gasteiger partial charge on any atom is 0.198 e. The summed E-state index contributed by atoms with van der Waals surface area (Å²) in [4.78, 5) is 14.9. The summed E-state index contributed by atoms with van der Waals surface area (Å²) in [6, 6.07) is 7.89. The van der Waals surface area contributed by atoms with Gasteiger partial charge in [0, 0.05) is 31.6 Å². The number of benzene rings is 1. The summed E-state index contributed by atoms with van der Waals surface area (Å²) in [7, 11) is 1.90. The highest BCUT2D eigenvalue weighted by Gasteiger charge is 2.26. The minimum atomic E-state index is 0.130. The third kappa shape index (κ3) is 3.59. The largest absolute Gasteiger partial charge is 0.310 e. The fourth-order valence-corrected chi connectivity index (χ4v) is 3.15. The highest BCUT2D eigenvalue weighted by atomic mass is 32.1. The Labute approximate surface area is 141 Å². The lowest BCUT2D eigenvalue weighted by atomic mass is 9.89. The van der Waals surface area contributed by atoms with Gasteiger partial charge in [-0.15, -0.1) is 0 Å². The fourth-order valence-electron chi connectivity index (χ4n) is 3.00. The van der Waals surface area contributed by atoms with Crippen LogP contribution in [0.25, 0.3) is 0 Å². The van der Waals surface area contributed by atoms with Crippen LogP contribution >= 0.6 is 12.2 Å². The predicted molar refractivity (Wildman–Crippen MR) is 91.8 cm³/mol. The molecule has 0 radical (unpaired) electrons. The number of carbonyl (C=O) groups excluding carboxylic acids is 1. The Bertz CT molecular complexity index is 739. The molecule has 1 aliphatic heterocycles. The number of aromatic nitrogens is 3. The summed E-state index contributed by atoms with van der Waals surface area (Å²) in [5.74, 6) is 0.407. The molecular weight excluding hydrogens is 308 g/mol. The number of carbonyl (C=O) groups is 1. The van der Waals surface area contributed by atoms with Gasteiger partial charge >= 0.3 is 0 Å². The van der Waals surface area contributed by atoms with Crippen molar-refractivity contribution in [3.63, 3.8) is 0 Å². The molecule has 0 spiro atoms. The normalized spacial score (nSPS) is 16.6. The van der Waals surface area contributed by atoms with Gasteiger partial charge in [-0.1, -0.05) is 29.8 Å². The second kappa shape index (κ2) is 6.76. The van der Waals surface area contributed by atoms with Gasteiger partial charge in [-0.05, 0) is 32.0 Å². The molecule has 6 heteroatoms. The van der Waals surface area contributed by atoms with Crippen molar-refractivity contribution >= 4 is 18.0 Å². The molecule has 0 atom stereocenters. The van der Waals surface area contributed by atoms with E-state index in [1.807, 2.05) is 47.5 Å². The first-order valence-corrected chi connectivity index (χ1v) is 8.37. The minimum Gasteiger partial charge on any atom is -0.310 e. The molecule has 2 heterocycles. The number of likely N-dealkylation sites (tertiary alicyclic amines) is 1. The van der Waals surface area contributed by atoms with Crippen LogP contribution in [0.5, 0.6) is 0 Å². The van der Waals surface area contributed by atoms with Gasteiger partial charge < -0.3 is 4.57 Å². The standard InChI is InChI=1S/C17H22N4OS/c1-13-3-5-14(6-4-13)16(22)15-7-9-20(10-8-15)12-21-17(23)19(2)11-18-21/h3-6,11,15H,7-10,12H2,1-2H3. The molecule has 0 bridgehead atoms. The number of piperidine rings is 1. The summed E-state index contributed by atoms with van der Waals surface area (Å²) in [5, 5.41) is 4.29. The van der Waals surface area contributed by atoms with Crippen LogP contribution in [0.15, 0.2) is 30.6 Å². The van der Waals surface area contributed by atoms with Gasteiger partial charge in [0.15, 0.2) is 10.6 Å². The minimum absolute atomic E-state index is 0.130. The number of hydrogen-bond donors (Lipinski definition) is 0. The summed E-state index contributed by atoms with van der Waals surface area (Å²) < 4.78 is 4.39. The Morgan fingerprint density at radius 3 is 2.48 bits per heavy atom. The average Bonchev–Trinajstić information content (AvgIpc) is 2.88. The van der Waals surface area contributed by atoms with Gasteiger partial charge in [0.1, 0.15) is 6.33 Å². The van der Waals surface area contributed by atoms with E-state index in [1.54, 1.807) is 6.33 Å². The van der Waals surface area contributed by atoms with Crippen molar-refractivity contribution in [1.29, 1.82) is 0 Å². The van der Waals surface area contributed by atoms with Crippen molar-refractivity contribution in [3.05, 3.63) is 46.5 Å². The zero-order chi connectivity index (χ0) is 16.4. The second-order valence-corrected chi connectivity index (χ2v) is 6.65. The van der Waals surface area contributed by atoms with E-state index in [9.17, 15) is 4.79 Å². The molecule has 0 aliphatic carbocycles. The van der Waals surface area contributed by atoms with Crippen LogP contribution in [-0.2, 0) is 13.7 Å². The first-order chi connectivity index (χ1) is 11.0. The quantitative estimate of drug-likeness (QED) is 0.639. The lowest BCUT2D eigenvalue weighted by molar-refractivity contribution is 0.0803. The molecule has 1 fully saturated rings. The molecule has 0 amide bonds. The number of rotatable bonds is 4. The molecule has 0 saturated carbocycles. The predicted octanol–water partition coefficient (Wildman–Crippen LogP) is 2.81. The van der Waals surface area contributed by atoms with Crippen molar-refractivity contribution in [2.45, 2.75) is 26.4 Å². The van der Waals surface area contributed by atoms with Crippen molar-refractivity contribution in [2.75, 3.05) is 13.1 Å². The lowest BCUT2D eigenvalue weighted by Gasteiger charge is -2.30. The van der Waals surface area contributed by atoms with E-state index in [4.69, 9.17) is 12.2 Å². The summed E-state index contributed by atoms with van der Waals surface area (Å²) in [6.07, 6.45) is 3.52. The van der Waals surface area contributed by atoms with E-state index in [0.717, 1.165) is 36.3 Å². The maximum atomic E-state index is 12.6. The van der Waals surface area contributed by atoms with Gasteiger partial charge in [-0.3, -0.25) is 9.69 Å². The van der Waals surface area contributed by atoms with E-state index >= 15 is 0 Å². The Morgan fingerprint density at radius 2 is 1.91 bits per heavy atom. The Balaban J connectivity index is 1.58. The maximum absolute atomic E-state index is 12.6. The number of aryl methyl sites for hydroxylation is 2. The van der Waals surface area contributed by atoms with Crippen LogP contribution in [0.4, 0.5) is 0 Å². The zero-order valence-electron chi connectivity index (χ0n) is 13.6. The second-order valence-electron chi connectivity index (χ2n) is 6.29. The van der Waals surface area contributed by atoms with E-state index < -0.39 is 0 Å². The topological polar surface area (TPSA) is 43.1 Å². The SMILES string of the molecule is Cc1ccc(C(=O)C2CCN(Cn3ncn(C)c3=S)CC2)cc1. The molecule has 3 rings (SSSR count). The van der Waals surface area contributed by atoms with Gasteiger partial charge in [0.25, 0.3) is 0 Å². The first kappa shape index (κ1) is 16.1. The molecule has 2 aromatic rings. The van der Waals surface area contributed by atoms with Crippen LogP contribution in [-0.4, -0.2) is 38.1 Å². The highest BCUT2D eigenvalue weighted by molar-refractivity contribution is 7.71. The van der Waals surface area contributed by atoms with Crippen molar-refractivity contribution in [2.24, 2.45) is 13.0 Å². The number of Topliss-reactive ketones (excluding diaryl/α,β-unsaturated/α-hetero) is 1. The lowest BCUT2D eigenvalue weighted by Crippen LogP contribution is -2.37. The molecule has 1 saturated heterocycles. The van der Waals surface area contributed by atoms with Crippen molar-refractivity contribution in [1.82, 2.24) is 19.2 Å². The molecule has 1 aromatic heterocycles. The van der Waals surface area contributed by atoms with Crippen LogP contribution in [0.1, 0.15) is 28.8 Å². The molecule has 0 N–H and O–H groups in total. The fraction of sp³-hybridized carbons (Fsp3) is 0.471. The molecule has 5 nitrogen and oxygen atoms in total. The van der Waals surface area contributed by atoms with E-state index in [2.05, 4.69) is 10.00 Å². The van der Waals surface area contributed by atoms with Crippen LogP contribution in [0.3, 0.4) is 0 Å². The smallest absolute Gasteiger partial charge is 0.198 e. The van der Waals surface area contributed by atoms with E-state index in [-0.39, 0.29) is 11.7 Å². The van der Waals surface area contributed by atoms with Gasteiger partial charge in [-0.2, -0.15) is 5.10 Å². The molecule has 23 heavy (non-hydrogen) atoms. The molecule has 122 valence electrons. The summed E-state index contributed by atoms with van der Waals surface area (Å²) >= 11 is 5.32. The van der Waals surface area contributed by atoms with Crippen LogP contribution in [0.2, 0.25) is 0 Å². The molecular formula is C17H22N4OS. The molecule has 1 aliphatic rings. The Hall–Kier alpha value is -1.79. The number of hydrogen-bond acceptors (Lipinski definition) is 4. The number of ketones is 1. The summed E-state index contributed by atoms with van der Waals surface area (Å²) in [5.41, 5.74) is 2.02. The van der Waals surface area contributed by atoms with Gasteiger partial charge in [0.2, 0.25) is 0 Å². The molecule has 0 unspecified atom stereocenters. The van der Waals surface area contributed by atoms with E-state index in [0.29, 0.717) is 6.67 Å². The van der Waals surface area contributed by atoms with Crippen LogP contribution < -0.4 is 0 Å². The van der Waals surface area contributed by atoms with Gasteiger partial charge in [0.05, 0.1) is 6.67 Å². The highest BCUT2D eigenvalue weighted by Crippen LogP contribution is 2.22. The van der Waals surface area contributed by atoms with Gasteiger partial charge in [-0.25, -0.2) is 4.68 Å². The zero-order valence-corrected chi connectivity index (χ0v) is 14.4. The first-order valence-electron chi connectivity index (χ1n) is 7.96. The average molecular weight is 330 g/mol. The Morgan fingerprint density at radius 1 is 1.26 bits per heavy atom. The third-order valence-electron chi connectivity index (χ3n) is 4.52. The van der Waals surface area contributed by atoms with Crippen LogP contribution in [0, 0.1) is 17.6 Å².